The van der Waals surface area contributed by atoms with Crippen LogP contribution in [-0.4, -0.2) is 74.3 Å². The summed E-state index contributed by atoms with van der Waals surface area (Å²) in [7, 11) is 1.45. The first kappa shape index (κ1) is 77.2. The van der Waals surface area contributed by atoms with Crippen molar-refractivity contribution < 1.29 is 37.3 Å². The van der Waals surface area contributed by atoms with Crippen molar-refractivity contribution in [2.45, 2.75) is 309 Å². The fourth-order valence-electron chi connectivity index (χ4n) is 9.45. The molecule has 9 nitrogen and oxygen atoms in total. The maximum absolute atomic E-state index is 13.5. The van der Waals surface area contributed by atoms with Gasteiger partial charge in [-0.05, 0) is 89.5 Å². The lowest BCUT2D eigenvalue weighted by Gasteiger charge is -2.27. The molecule has 1 amide bonds. The second-order valence-electron chi connectivity index (χ2n) is 23.6. The molecule has 3 unspecified atom stereocenters. The van der Waals surface area contributed by atoms with Crippen molar-refractivity contribution in [3.05, 3.63) is 85.1 Å². The summed E-state index contributed by atoms with van der Waals surface area (Å²) in [5.74, 6) is -0.596. The van der Waals surface area contributed by atoms with Crippen LogP contribution < -0.4 is 5.32 Å². The van der Waals surface area contributed by atoms with Gasteiger partial charge in [-0.2, -0.15) is 0 Å². The van der Waals surface area contributed by atoms with E-state index in [9.17, 15) is 19.0 Å². The molecule has 0 spiro atoms. The van der Waals surface area contributed by atoms with Gasteiger partial charge in [0.1, 0.15) is 19.3 Å². The van der Waals surface area contributed by atoms with E-state index in [4.69, 9.17) is 13.8 Å². The predicted octanol–water partition coefficient (Wildman–Crippen LogP) is 21.0. The number of likely N-dealkylation sites (N-methyl/N-ethyl adjacent to an activating group) is 1. The number of hydrogen-bond acceptors (Lipinski definition) is 6. The highest BCUT2D eigenvalue weighted by Crippen LogP contribution is 2.43. The van der Waals surface area contributed by atoms with Crippen molar-refractivity contribution in [1.82, 2.24) is 5.32 Å². The third kappa shape index (κ3) is 59.8. The molecule has 0 rings (SSSR count). The van der Waals surface area contributed by atoms with Crippen LogP contribution >= 0.6 is 7.82 Å². The van der Waals surface area contributed by atoms with Gasteiger partial charge in [0.2, 0.25) is 5.91 Å². The Balaban J connectivity index is 5.19. The number of esters is 1. The molecule has 10 heteroatoms. The molecule has 80 heavy (non-hydrogen) atoms. The van der Waals surface area contributed by atoms with Crippen LogP contribution in [0.5, 0.6) is 0 Å². The summed E-state index contributed by atoms with van der Waals surface area (Å²) in [6.07, 6.45) is 79.0. The fourth-order valence-corrected chi connectivity index (χ4v) is 10.2. The smallest absolute Gasteiger partial charge is 0.456 e. The number of carbonyl (C=O) groups excluding carboxylic acids is 2. The minimum atomic E-state index is -4.47. The SMILES string of the molecule is CC/C=C/C/C=C/C/C=C/C/C=C/C/C=C/CCC(=O)NC(COP(=O)(O)OCC[N+](C)(C)C)C(/C=C\CCCCCCCCCCCCC)OC(=O)CCCCCCCCCCCCCCCCC/C=C/CCCCCCCC. The molecule has 0 aromatic rings. The van der Waals surface area contributed by atoms with E-state index in [-0.39, 0.29) is 37.9 Å². The second-order valence-corrected chi connectivity index (χ2v) is 25.1. The number of phosphoric ester groups is 1. The lowest BCUT2D eigenvalue weighted by molar-refractivity contribution is -0.870. The van der Waals surface area contributed by atoms with E-state index in [2.05, 4.69) is 92.9 Å². The van der Waals surface area contributed by atoms with E-state index >= 15 is 0 Å². The Morgan fingerprint density at radius 2 is 0.812 bits per heavy atom. The van der Waals surface area contributed by atoms with Crippen molar-refractivity contribution in [2.24, 2.45) is 0 Å². The summed E-state index contributed by atoms with van der Waals surface area (Å²) >= 11 is 0. The van der Waals surface area contributed by atoms with Crippen LogP contribution in [-0.2, 0) is 27.9 Å². The number of hydrogen-bond donors (Lipinski definition) is 2. The molecular formula is C70H128N2O7P+. The number of carbonyl (C=O) groups is 2. The zero-order valence-corrected chi connectivity index (χ0v) is 54.0. The molecule has 0 bridgehead atoms. The Morgan fingerprint density at radius 1 is 0.450 bits per heavy atom. The quantitative estimate of drug-likeness (QED) is 0.0205. The first-order valence-electron chi connectivity index (χ1n) is 33.4. The summed E-state index contributed by atoms with van der Waals surface area (Å²) in [6, 6.07) is -0.891. The van der Waals surface area contributed by atoms with Crippen molar-refractivity contribution >= 4 is 19.7 Å². The van der Waals surface area contributed by atoms with Gasteiger partial charge in [-0.25, -0.2) is 4.57 Å². The van der Waals surface area contributed by atoms with Crippen LogP contribution in [0.2, 0.25) is 0 Å². The molecule has 0 fully saturated rings. The lowest BCUT2D eigenvalue weighted by atomic mass is 10.0. The highest BCUT2D eigenvalue weighted by atomic mass is 31.2. The van der Waals surface area contributed by atoms with Crippen LogP contribution in [0.15, 0.2) is 85.1 Å². The number of ether oxygens (including phenoxy) is 1. The average molecular weight is 1140 g/mol. The van der Waals surface area contributed by atoms with E-state index < -0.39 is 20.0 Å². The zero-order chi connectivity index (χ0) is 58.6. The minimum Gasteiger partial charge on any atom is -0.456 e. The second kappa shape index (κ2) is 59.4. The van der Waals surface area contributed by atoms with Gasteiger partial charge in [-0.3, -0.25) is 18.6 Å². The predicted molar refractivity (Wildman–Crippen MR) is 346 cm³/mol. The van der Waals surface area contributed by atoms with E-state index in [1.807, 2.05) is 39.4 Å². The van der Waals surface area contributed by atoms with E-state index in [0.29, 0.717) is 17.4 Å². The molecule has 464 valence electrons. The number of rotatable bonds is 60. The van der Waals surface area contributed by atoms with Crippen molar-refractivity contribution in [3.63, 3.8) is 0 Å². The van der Waals surface area contributed by atoms with E-state index in [1.165, 1.54) is 186 Å². The van der Waals surface area contributed by atoms with Gasteiger partial charge in [0.25, 0.3) is 0 Å². The third-order valence-electron chi connectivity index (χ3n) is 14.6. The summed E-state index contributed by atoms with van der Waals surface area (Å²) in [6.45, 7) is 6.86. The topological polar surface area (TPSA) is 111 Å². The number of phosphoric acid groups is 1. The zero-order valence-electron chi connectivity index (χ0n) is 53.1. The maximum Gasteiger partial charge on any atom is 0.472 e. The normalized spacial score (nSPS) is 14.1. The number of nitrogens with one attached hydrogen (secondary N) is 1. The molecule has 0 aliphatic rings. The summed E-state index contributed by atoms with van der Waals surface area (Å²) in [4.78, 5) is 37.7. The van der Waals surface area contributed by atoms with Crippen molar-refractivity contribution in [3.8, 4) is 0 Å². The fraction of sp³-hybridized carbons (Fsp3) is 0.771. The molecule has 0 aromatic heterocycles. The van der Waals surface area contributed by atoms with Gasteiger partial charge in [-0.1, -0.05) is 280 Å². The van der Waals surface area contributed by atoms with Crippen molar-refractivity contribution in [2.75, 3.05) is 40.9 Å². The molecular weight excluding hydrogens is 1010 g/mol. The summed E-state index contributed by atoms with van der Waals surface area (Å²) in [5, 5.41) is 3.01. The molecule has 0 heterocycles. The van der Waals surface area contributed by atoms with Crippen molar-refractivity contribution in [1.29, 1.82) is 0 Å². The summed E-state index contributed by atoms with van der Waals surface area (Å²) in [5.41, 5.74) is 0. The van der Waals surface area contributed by atoms with Crippen LogP contribution in [0.3, 0.4) is 0 Å². The van der Waals surface area contributed by atoms with E-state index in [1.54, 1.807) is 0 Å². The molecule has 0 aromatic carbocycles. The number of nitrogens with zero attached hydrogens (tertiary/aromatic N) is 1. The first-order chi connectivity index (χ1) is 38.9. The highest BCUT2D eigenvalue weighted by molar-refractivity contribution is 7.47. The van der Waals surface area contributed by atoms with Gasteiger partial charge < -0.3 is 19.4 Å². The Labute approximate surface area is 495 Å². The minimum absolute atomic E-state index is 0.0249. The number of quaternary nitrogens is 1. The number of amides is 1. The van der Waals surface area contributed by atoms with Gasteiger partial charge >= 0.3 is 13.8 Å². The van der Waals surface area contributed by atoms with Gasteiger partial charge in [0.15, 0.2) is 0 Å². The standard InChI is InChI=1S/C70H127N2O7P/c1-7-10-13-16-19-22-25-28-30-32-33-34-35-36-37-38-39-40-42-45-48-51-54-57-60-63-70(74)79-68(61-58-55-52-49-46-43-27-24-21-18-15-12-9-3)67(66-78-80(75,76)77-65-64-72(4,5)6)71-69(73)62-59-56-53-50-47-44-41-31-29-26-23-20-17-14-11-8-2/h11,14,20,23,28-31,44,47,53,56,58,61,67-68H,7-10,12-13,15-19,21-22,24-27,32-43,45-46,48-52,54-55,57,59-60,62-66H2,1-6H3,(H-,71,73,75,76)/p+1/b14-11+,23-20+,30-28+,31-29+,47-44+,56-53+,61-58-. The highest BCUT2D eigenvalue weighted by Gasteiger charge is 2.30. The van der Waals surface area contributed by atoms with Crippen LogP contribution in [0, 0.1) is 0 Å². The van der Waals surface area contributed by atoms with Crippen LogP contribution in [0.4, 0.5) is 0 Å². The molecule has 0 saturated carbocycles. The Morgan fingerprint density at radius 3 is 1.23 bits per heavy atom. The molecule has 0 saturated heterocycles. The largest absolute Gasteiger partial charge is 0.472 e. The molecule has 0 aliphatic carbocycles. The molecule has 0 radical (unpaired) electrons. The first-order valence-corrected chi connectivity index (χ1v) is 34.9. The van der Waals surface area contributed by atoms with Crippen LogP contribution in [0.1, 0.15) is 297 Å². The van der Waals surface area contributed by atoms with E-state index in [0.717, 1.165) is 70.6 Å². The Kier molecular flexibility index (Phi) is 57.3. The van der Waals surface area contributed by atoms with Gasteiger partial charge in [0.05, 0.1) is 33.8 Å². The Bertz CT molecular complexity index is 1640. The van der Waals surface area contributed by atoms with Gasteiger partial charge in [-0.15, -0.1) is 0 Å². The van der Waals surface area contributed by atoms with Gasteiger partial charge in [0, 0.05) is 12.8 Å². The molecule has 0 aliphatic heterocycles. The maximum atomic E-state index is 13.5. The summed E-state index contributed by atoms with van der Waals surface area (Å²) < 4.78 is 30.7. The Hall–Kier alpha value is -2.81. The monoisotopic (exact) mass is 1140 g/mol. The molecule has 2 N–H and O–H groups in total. The average Bonchev–Trinajstić information content (AvgIpc) is 3.42. The number of allylic oxidation sites excluding steroid dienone is 13. The van der Waals surface area contributed by atoms with Crippen LogP contribution in [0.25, 0.3) is 0 Å². The number of unbranched alkanes of at least 4 members (excludes halogenated alkanes) is 32. The molecule has 3 atom stereocenters. The third-order valence-corrected chi connectivity index (χ3v) is 15.6. The lowest BCUT2D eigenvalue weighted by Crippen LogP contribution is -2.47.